The molecule has 2 amide bonds. The van der Waals surface area contributed by atoms with E-state index >= 15 is 0 Å². The van der Waals surface area contributed by atoms with Crippen LogP contribution in [0.1, 0.15) is 0 Å². The first-order valence-electron chi connectivity index (χ1n) is 6.74. The van der Waals surface area contributed by atoms with E-state index < -0.39 is 17.5 Å². The topological polar surface area (TPSA) is 102 Å². The molecule has 1 aliphatic heterocycles. The third kappa shape index (κ3) is 3.88. The minimum Gasteiger partial charge on any atom is -0.369 e. The van der Waals surface area contributed by atoms with Crippen molar-refractivity contribution in [2.75, 3.05) is 33.2 Å². The summed E-state index contributed by atoms with van der Waals surface area (Å²) >= 11 is 0. The second kappa shape index (κ2) is 6.49. The van der Waals surface area contributed by atoms with Gasteiger partial charge in [-0.25, -0.2) is 9.78 Å². The van der Waals surface area contributed by atoms with E-state index in [1.165, 1.54) is 17.0 Å². The van der Waals surface area contributed by atoms with E-state index in [0.29, 0.717) is 19.6 Å². The summed E-state index contributed by atoms with van der Waals surface area (Å²) in [5, 5.41) is 0. The fourth-order valence-electron chi connectivity index (χ4n) is 2.33. The predicted molar refractivity (Wildman–Crippen MR) is 75.3 cm³/mol. The molecule has 1 aromatic heterocycles. The number of aromatic nitrogens is 2. The number of primary amides is 1. The monoisotopic (exact) mass is 293 g/mol. The summed E-state index contributed by atoms with van der Waals surface area (Å²) in [4.78, 5) is 42.4. The van der Waals surface area contributed by atoms with Gasteiger partial charge in [-0.2, -0.15) is 0 Å². The van der Waals surface area contributed by atoms with Gasteiger partial charge >= 0.3 is 5.69 Å². The number of hydrogen-bond acceptors (Lipinski definition) is 5. The van der Waals surface area contributed by atoms with Crippen LogP contribution in [0.15, 0.2) is 23.3 Å². The molecule has 0 saturated carbocycles. The number of amides is 2. The minimum absolute atomic E-state index is 0.0815. The molecule has 1 atom stereocenters. The lowest BCUT2D eigenvalue weighted by atomic mass is 10.1. The molecule has 8 heteroatoms. The molecule has 0 unspecified atom stereocenters. The van der Waals surface area contributed by atoms with Gasteiger partial charge in [0.2, 0.25) is 11.8 Å². The highest BCUT2D eigenvalue weighted by Crippen LogP contribution is 2.09. The summed E-state index contributed by atoms with van der Waals surface area (Å²) in [6.45, 7) is 1.91. The van der Waals surface area contributed by atoms with E-state index in [2.05, 4.69) is 4.98 Å². The number of rotatable bonds is 3. The highest BCUT2D eigenvalue weighted by atomic mass is 16.2. The van der Waals surface area contributed by atoms with Crippen molar-refractivity contribution < 1.29 is 9.59 Å². The zero-order chi connectivity index (χ0) is 15.4. The molecule has 1 aliphatic rings. The van der Waals surface area contributed by atoms with Crippen molar-refractivity contribution in [3.05, 3.63) is 28.9 Å². The van der Waals surface area contributed by atoms with Gasteiger partial charge in [0, 0.05) is 38.6 Å². The number of hydrogen-bond donors (Lipinski definition) is 1. The van der Waals surface area contributed by atoms with Gasteiger partial charge in [0.15, 0.2) is 0 Å². The standard InChI is InChI=1S/C13H19N5O3/c1-16-5-6-17(8-10(7-16)12(14)20)11(19)9-18-4-2-3-15-13(18)21/h2-4,10H,5-9H2,1H3,(H2,14,20)/t10-/m0/s1. The molecule has 1 fully saturated rings. The zero-order valence-corrected chi connectivity index (χ0v) is 11.9. The fraction of sp³-hybridized carbons (Fsp3) is 0.538. The fourth-order valence-corrected chi connectivity index (χ4v) is 2.33. The van der Waals surface area contributed by atoms with Gasteiger partial charge in [-0.05, 0) is 13.1 Å². The van der Waals surface area contributed by atoms with Crippen molar-refractivity contribution >= 4 is 11.8 Å². The molecular weight excluding hydrogens is 274 g/mol. The molecule has 8 nitrogen and oxygen atoms in total. The summed E-state index contributed by atoms with van der Waals surface area (Å²) in [6.07, 6.45) is 2.90. The summed E-state index contributed by atoms with van der Waals surface area (Å²) < 4.78 is 1.25. The van der Waals surface area contributed by atoms with E-state index in [9.17, 15) is 14.4 Å². The van der Waals surface area contributed by atoms with Crippen LogP contribution in [0.2, 0.25) is 0 Å². The van der Waals surface area contributed by atoms with Crippen molar-refractivity contribution in [3.63, 3.8) is 0 Å². The van der Waals surface area contributed by atoms with Crippen molar-refractivity contribution in [1.29, 1.82) is 0 Å². The van der Waals surface area contributed by atoms with Crippen LogP contribution in [-0.2, 0) is 16.1 Å². The minimum atomic E-state index is -0.468. The second-order valence-corrected chi connectivity index (χ2v) is 5.23. The first-order chi connectivity index (χ1) is 9.97. The normalized spacial score (nSPS) is 20.0. The highest BCUT2D eigenvalue weighted by Gasteiger charge is 2.27. The third-order valence-corrected chi connectivity index (χ3v) is 3.57. The lowest BCUT2D eigenvalue weighted by molar-refractivity contribution is -0.133. The molecule has 2 heterocycles. The maximum atomic E-state index is 12.3. The smallest absolute Gasteiger partial charge is 0.347 e. The number of carbonyl (C=O) groups is 2. The van der Waals surface area contributed by atoms with E-state index in [0.717, 1.165) is 0 Å². The molecule has 1 aromatic rings. The van der Waals surface area contributed by atoms with Gasteiger partial charge in [-0.3, -0.25) is 14.2 Å². The summed E-state index contributed by atoms with van der Waals surface area (Å²) in [5.41, 5.74) is 4.90. The Bertz CT molecular complexity index is 585. The Kier molecular flexibility index (Phi) is 4.69. The van der Waals surface area contributed by atoms with Gasteiger partial charge in [0.05, 0.1) is 5.92 Å². The van der Waals surface area contributed by atoms with Gasteiger partial charge in [0.1, 0.15) is 6.54 Å². The lowest BCUT2D eigenvalue weighted by Crippen LogP contribution is -2.42. The Morgan fingerprint density at radius 1 is 1.38 bits per heavy atom. The third-order valence-electron chi connectivity index (χ3n) is 3.57. The van der Waals surface area contributed by atoms with E-state index in [4.69, 9.17) is 5.73 Å². The van der Waals surface area contributed by atoms with E-state index in [1.807, 2.05) is 11.9 Å². The average molecular weight is 293 g/mol. The molecule has 114 valence electrons. The molecule has 0 aliphatic carbocycles. The van der Waals surface area contributed by atoms with Gasteiger partial charge < -0.3 is 15.5 Å². The van der Waals surface area contributed by atoms with Gasteiger partial charge in [0.25, 0.3) is 0 Å². The molecule has 1 saturated heterocycles. The SMILES string of the molecule is CN1CCN(C(=O)Cn2cccnc2=O)C[C@@H](C(N)=O)C1. The number of nitrogens with two attached hydrogens (primary N) is 1. The molecular formula is C13H19N5O3. The van der Waals surface area contributed by atoms with Crippen LogP contribution >= 0.6 is 0 Å². The maximum absolute atomic E-state index is 12.3. The second-order valence-electron chi connectivity index (χ2n) is 5.23. The van der Waals surface area contributed by atoms with E-state index in [1.54, 1.807) is 11.0 Å². The van der Waals surface area contributed by atoms with Crippen LogP contribution in [0.4, 0.5) is 0 Å². The van der Waals surface area contributed by atoms with Crippen LogP contribution in [-0.4, -0.2) is 64.4 Å². The molecule has 2 N–H and O–H groups in total. The molecule has 21 heavy (non-hydrogen) atoms. The maximum Gasteiger partial charge on any atom is 0.347 e. The number of likely N-dealkylation sites (N-methyl/N-ethyl adjacent to an activating group) is 1. The largest absolute Gasteiger partial charge is 0.369 e. The molecule has 0 aromatic carbocycles. The molecule has 0 bridgehead atoms. The van der Waals surface area contributed by atoms with Gasteiger partial charge in [-0.15, -0.1) is 0 Å². The summed E-state index contributed by atoms with van der Waals surface area (Å²) in [5.74, 6) is -1.03. The van der Waals surface area contributed by atoms with Crippen molar-refractivity contribution in [3.8, 4) is 0 Å². The zero-order valence-electron chi connectivity index (χ0n) is 11.9. The Morgan fingerprint density at radius 3 is 2.81 bits per heavy atom. The first-order valence-corrected chi connectivity index (χ1v) is 6.74. The lowest BCUT2D eigenvalue weighted by Gasteiger charge is -2.22. The molecule has 2 rings (SSSR count). The molecule has 0 radical (unpaired) electrons. The Labute approximate surface area is 122 Å². The Balaban J connectivity index is 2.09. The van der Waals surface area contributed by atoms with Crippen molar-refractivity contribution in [2.45, 2.75) is 6.54 Å². The Hall–Kier alpha value is -2.22. The van der Waals surface area contributed by atoms with Gasteiger partial charge in [-0.1, -0.05) is 0 Å². The van der Waals surface area contributed by atoms with Crippen LogP contribution in [0.3, 0.4) is 0 Å². The van der Waals surface area contributed by atoms with Crippen LogP contribution in [0.5, 0.6) is 0 Å². The predicted octanol–water partition coefficient (Wildman–Crippen LogP) is -1.88. The van der Waals surface area contributed by atoms with Crippen LogP contribution in [0.25, 0.3) is 0 Å². The summed E-state index contributed by atoms with van der Waals surface area (Å²) in [6, 6.07) is 1.59. The number of nitrogens with zero attached hydrogens (tertiary/aromatic N) is 4. The quantitative estimate of drug-likeness (QED) is 0.703. The van der Waals surface area contributed by atoms with E-state index in [-0.39, 0.29) is 19.0 Å². The van der Waals surface area contributed by atoms with Crippen LogP contribution in [0, 0.1) is 5.92 Å². The van der Waals surface area contributed by atoms with Crippen LogP contribution < -0.4 is 11.4 Å². The summed E-state index contributed by atoms with van der Waals surface area (Å²) in [7, 11) is 1.88. The average Bonchev–Trinajstić information content (AvgIpc) is 2.63. The first kappa shape index (κ1) is 15.2. The highest BCUT2D eigenvalue weighted by molar-refractivity contribution is 5.80. The van der Waals surface area contributed by atoms with Crippen molar-refractivity contribution in [1.82, 2.24) is 19.4 Å². The van der Waals surface area contributed by atoms with Crippen molar-refractivity contribution in [2.24, 2.45) is 11.7 Å². The Morgan fingerprint density at radius 2 is 2.14 bits per heavy atom. The molecule has 0 spiro atoms. The number of carbonyl (C=O) groups excluding carboxylic acids is 2.